The molecule has 1 atom stereocenters. The second kappa shape index (κ2) is 4.00. The topological polar surface area (TPSA) is 26.3 Å². The van der Waals surface area contributed by atoms with E-state index in [0.717, 1.165) is 6.42 Å². The highest BCUT2D eigenvalue weighted by atomic mass is 32.1. The third-order valence-corrected chi connectivity index (χ3v) is 1.54. The molecule has 11 heavy (non-hydrogen) atoms. The van der Waals surface area contributed by atoms with Gasteiger partial charge in [0, 0.05) is 0 Å². The fourth-order valence-corrected chi connectivity index (χ4v) is 0.456. The first-order chi connectivity index (χ1) is 4.88. The number of carbonyl (C=O) groups is 1. The van der Waals surface area contributed by atoms with Crippen LogP contribution in [0.1, 0.15) is 34.1 Å². The molecule has 0 fully saturated rings. The second-order valence-electron chi connectivity index (χ2n) is 3.13. The van der Waals surface area contributed by atoms with Crippen molar-refractivity contribution >= 4 is 18.6 Å². The zero-order chi connectivity index (χ0) is 9.07. The van der Waals surface area contributed by atoms with E-state index in [9.17, 15) is 4.79 Å². The predicted molar refractivity (Wildman–Crippen MR) is 47.5 cm³/mol. The monoisotopic (exact) mass is 175 g/mol. The summed E-state index contributed by atoms with van der Waals surface area (Å²) in [5.41, 5.74) is 0. The Hall–Kier alpha value is -0.180. The Morgan fingerprint density at radius 2 is 2.09 bits per heavy atom. The average Bonchev–Trinajstić information content (AvgIpc) is 1.85. The van der Waals surface area contributed by atoms with E-state index >= 15 is 0 Å². The molecule has 0 heterocycles. The zero-order valence-electron chi connectivity index (χ0n) is 7.51. The number of hydrogen-bond donors (Lipinski definition) is 0. The number of carbonyl (C=O) groups excluding carboxylic acids is 1. The lowest BCUT2D eigenvalue weighted by Crippen LogP contribution is -2.30. The minimum absolute atomic E-state index is 0.0234. The van der Waals surface area contributed by atoms with E-state index in [2.05, 4.69) is 0 Å². The normalized spacial score (nSPS) is 14.3. The molecule has 0 aliphatic rings. The number of ether oxygens (including phenoxy) is 1. The summed E-state index contributed by atoms with van der Waals surface area (Å²) < 4.78 is 4.23. The molecule has 0 spiro atoms. The van der Waals surface area contributed by atoms with Gasteiger partial charge < -0.3 is 4.74 Å². The summed E-state index contributed by atoms with van der Waals surface area (Å²) in [6, 6.07) is 0. The van der Waals surface area contributed by atoms with Crippen molar-refractivity contribution in [2.45, 2.75) is 45.0 Å². The highest BCUT2D eigenvalue weighted by molar-refractivity contribution is 7.82. The fraction of sp³-hybridized carbons (Fsp3) is 0.875. The Bertz CT molecular complexity index is 138. The molecule has 0 aliphatic heterocycles. The molecular weight excluding hydrogens is 160 g/mol. The van der Waals surface area contributed by atoms with Crippen LogP contribution >= 0.6 is 12.6 Å². The van der Waals surface area contributed by atoms with Gasteiger partial charge in [-0.1, -0.05) is 19.6 Å². The highest BCUT2D eigenvalue weighted by Crippen LogP contribution is 2.15. The van der Waals surface area contributed by atoms with Gasteiger partial charge in [0.15, 0.2) is 0 Å². The maximum absolute atomic E-state index is 11.1. The number of esters is 1. The lowest BCUT2D eigenvalue weighted by molar-refractivity contribution is -0.150. The summed E-state index contributed by atoms with van der Waals surface area (Å²) in [5, 5.41) is 0. The first-order valence-corrected chi connectivity index (χ1v) is 4.20. The Morgan fingerprint density at radius 1 is 1.64 bits per heavy atom. The maximum atomic E-state index is 11.1. The molecule has 0 aliphatic carbocycles. The van der Waals surface area contributed by atoms with E-state index in [1.165, 1.54) is 0 Å². The molecule has 1 unspecified atom stereocenters. The second-order valence-corrected chi connectivity index (χ2v) is 4.16. The van der Waals surface area contributed by atoms with Crippen LogP contribution in [0.15, 0.2) is 0 Å². The van der Waals surface area contributed by atoms with Gasteiger partial charge in [0.05, 0.1) is 6.10 Å². The molecule has 0 aromatic heterocycles. The Morgan fingerprint density at radius 3 is 2.36 bits per heavy atom. The third kappa shape index (κ3) is 4.30. The largest absolute Gasteiger partial charge is 0.462 e. The van der Waals surface area contributed by atoms with Gasteiger partial charge in [-0.25, -0.2) is 0 Å². The van der Waals surface area contributed by atoms with Crippen molar-refractivity contribution in [2.75, 3.05) is 0 Å². The van der Waals surface area contributed by atoms with Gasteiger partial charge in [-0.3, -0.25) is 4.79 Å². The van der Waals surface area contributed by atoms with Crippen molar-refractivity contribution in [1.29, 1.82) is 0 Å². The maximum Gasteiger partial charge on any atom is 0.322 e. The Kier molecular flexibility index (Phi) is 3.93. The van der Waals surface area contributed by atoms with E-state index in [1.807, 2.05) is 13.8 Å². The summed E-state index contributed by atoms with van der Waals surface area (Å²) in [5.74, 6) is -0.304. The van der Waals surface area contributed by atoms with Crippen molar-refractivity contribution in [3.63, 3.8) is 0 Å². The minimum Gasteiger partial charge on any atom is -0.462 e. The van der Waals surface area contributed by atoms with Gasteiger partial charge >= 0.3 is 5.97 Å². The van der Waals surface area contributed by atoms with Gasteiger partial charge in [-0.2, -0.15) is 0 Å². The van der Waals surface area contributed by atoms with Gasteiger partial charge in [-0.05, 0) is 27.2 Å². The van der Waals surface area contributed by atoms with Crippen LogP contribution in [0.4, 0.5) is 0 Å². The average molecular weight is 175 g/mol. The molecule has 65 valence electrons. The zero-order valence-corrected chi connectivity index (χ0v) is 8.33. The summed E-state index contributed by atoms with van der Waals surface area (Å²) >= 11 is 4.90. The van der Waals surface area contributed by atoms with Crippen LogP contribution in [0.5, 0.6) is 0 Å². The van der Waals surface area contributed by atoms with E-state index in [-0.39, 0.29) is 12.1 Å². The molecule has 3 heteroatoms. The molecule has 0 N–H and O–H groups in total. The summed E-state index contributed by atoms with van der Waals surface area (Å²) in [7, 11) is 0. The molecule has 0 aromatic carbocycles. The van der Waals surface area contributed by atoms with Crippen LogP contribution in [0.25, 0.3) is 0 Å². The molecule has 0 amide bonds. The van der Waals surface area contributed by atoms with Gasteiger partial charge in [0.2, 0.25) is 0 Å². The summed E-state index contributed by atoms with van der Waals surface area (Å²) in [4.78, 5) is 11.1. The number of rotatable bonds is 3. The summed E-state index contributed by atoms with van der Waals surface area (Å²) in [6.45, 7) is 7.17. The van der Waals surface area contributed by atoms with Crippen LogP contribution in [0.3, 0.4) is 0 Å². The molecular formula is C8H15O2S. The van der Waals surface area contributed by atoms with Crippen LogP contribution < -0.4 is 0 Å². The van der Waals surface area contributed by atoms with E-state index in [4.69, 9.17) is 17.4 Å². The van der Waals surface area contributed by atoms with Crippen LogP contribution in [-0.2, 0) is 9.53 Å². The molecule has 0 aromatic rings. The molecule has 0 rings (SSSR count). The van der Waals surface area contributed by atoms with Crippen molar-refractivity contribution in [2.24, 2.45) is 0 Å². The predicted octanol–water partition coefficient (Wildman–Crippen LogP) is 2.30. The van der Waals surface area contributed by atoms with Crippen molar-refractivity contribution in [3.8, 4) is 0 Å². The van der Waals surface area contributed by atoms with Crippen LogP contribution in [0.2, 0.25) is 0 Å². The fourth-order valence-electron chi connectivity index (χ4n) is 0.408. The first kappa shape index (κ1) is 10.8. The molecule has 0 saturated heterocycles. The van der Waals surface area contributed by atoms with Gasteiger partial charge in [0.1, 0.15) is 4.75 Å². The standard InChI is InChI=1S/C8H15O2S/c1-5-6(2)10-7(9)8(3,4)11/h6H,5H2,1-4H3. The SMILES string of the molecule is CCC(C)OC(=O)C(C)(C)[S]. The minimum atomic E-state index is -0.788. The van der Waals surface area contributed by atoms with Crippen LogP contribution in [0, 0.1) is 0 Å². The van der Waals surface area contributed by atoms with Gasteiger partial charge in [-0.15, -0.1) is 0 Å². The molecule has 0 saturated carbocycles. The van der Waals surface area contributed by atoms with Crippen LogP contribution in [-0.4, -0.2) is 16.8 Å². The lowest BCUT2D eigenvalue weighted by atomic mass is 10.2. The number of hydrogen-bond acceptors (Lipinski definition) is 2. The smallest absolute Gasteiger partial charge is 0.322 e. The third-order valence-electron chi connectivity index (χ3n) is 1.37. The summed E-state index contributed by atoms with van der Waals surface area (Å²) in [6.07, 6.45) is 0.807. The highest BCUT2D eigenvalue weighted by Gasteiger charge is 2.26. The Balaban J connectivity index is 3.88. The van der Waals surface area contributed by atoms with Gasteiger partial charge in [0.25, 0.3) is 0 Å². The quantitative estimate of drug-likeness (QED) is 0.615. The Labute approximate surface area is 73.7 Å². The van der Waals surface area contributed by atoms with E-state index in [1.54, 1.807) is 13.8 Å². The van der Waals surface area contributed by atoms with E-state index in [0.29, 0.717) is 0 Å². The molecule has 1 radical (unpaired) electrons. The first-order valence-electron chi connectivity index (χ1n) is 3.79. The molecule has 2 nitrogen and oxygen atoms in total. The van der Waals surface area contributed by atoms with Crippen molar-refractivity contribution in [1.82, 2.24) is 0 Å². The lowest BCUT2D eigenvalue weighted by Gasteiger charge is -2.18. The van der Waals surface area contributed by atoms with Crippen molar-refractivity contribution in [3.05, 3.63) is 0 Å². The van der Waals surface area contributed by atoms with E-state index < -0.39 is 4.75 Å². The van der Waals surface area contributed by atoms with Crippen molar-refractivity contribution < 1.29 is 9.53 Å². The molecule has 0 bridgehead atoms.